The largest absolute Gasteiger partial charge is 0.299 e. The van der Waals surface area contributed by atoms with Crippen molar-refractivity contribution >= 4 is 31.9 Å². The molecule has 2 atom stereocenters. The van der Waals surface area contributed by atoms with Crippen LogP contribution in [0.4, 0.5) is 4.39 Å². The fourth-order valence-electron chi connectivity index (χ4n) is 2.25. The highest BCUT2D eigenvalue weighted by molar-refractivity contribution is 9.10. The molecule has 94 valence electrons. The van der Waals surface area contributed by atoms with Crippen molar-refractivity contribution in [1.29, 1.82) is 0 Å². The average Bonchev–Trinajstić information content (AvgIpc) is 2.29. The Morgan fingerprint density at radius 3 is 2.94 bits per heavy atom. The van der Waals surface area contributed by atoms with Crippen LogP contribution in [0.15, 0.2) is 22.7 Å². The highest BCUT2D eigenvalue weighted by Crippen LogP contribution is 2.25. The summed E-state index contributed by atoms with van der Waals surface area (Å²) in [4.78, 5) is 2.93. The van der Waals surface area contributed by atoms with Crippen LogP contribution in [0.1, 0.15) is 18.9 Å². The van der Waals surface area contributed by atoms with Gasteiger partial charge in [-0.3, -0.25) is 4.90 Å². The summed E-state index contributed by atoms with van der Waals surface area (Å²) in [6.07, 6.45) is 1.14. The molecule has 1 aromatic rings. The monoisotopic (exact) mass is 363 g/mol. The van der Waals surface area contributed by atoms with Gasteiger partial charge in [-0.15, -0.1) is 0 Å². The molecule has 0 N–H and O–H groups in total. The van der Waals surface area contributed by atoms with Crippen LogP contribution in [0, 0.1) is 11.7 Å². The quantitative estimate of drug-likeness (QED) is 0.711. The molecule has 17 heavy (non-hydrogen) atoms. The molecule has 0 spiro atoms. The molecule has 0 aromatic heterocycles. The molecule has 1 saturated heterocycles. The molecule has 0 aliphatic carbocycles. The maximum atomic E-state index is 13.6. The SMILES string of the molecule is CC1CN(Cc2cc(Br)ccc2F)CCC1Br. The summed E-state index contributed by atoms with van der Waals surface area (Å²) >= 11 is 7.07. The van der Waals surface area contributed by atoms with Crippen molar-refractivity contribution in [1.82, 2.24) is 4.90 Å². The summed E-state index contributed by atoms with van der Waals surface area (Å²) < 4.78 is 14.6. The van der Waals surface area contributed by atoms with Gasteiger partial charge in [0, 0.05) is 28.0 Å². The number of benzene rings is 1. The van der Waals surface area contributed by atoms with E-state index in [4.69, 9.17) is 0 Å². The van der Waals surface area contributed by atoms with Gasteiger partial charge in [-0.2, -0.15) is 0 Å². The van der Waals surface area contributed by atoms with Gasteiger partial charge < -0.3 is 0 Å². The molecule has 4 heteroatoms. The minimum absolute atomic E-state index is 0.109. The van der Waals surface area contributed by atoms with Crippen molar-refractivity contribution in [3.05, 3.63) is 34.1 Å². The Morgan fingerprint density at radius 1 is 1.47 bits per heavy atom. The van der Waals surface area contributed by atoms with Crippen LogP contribution in [0.5, 0.6) is 0 Å². The standard InChI is InChI=1S/C13H16Br2FN/c1-9-7-17(5-4-12(9)15)8-10-6-11(14)2-3-13(10)16/h2-3,6,9,12H,4-5,7-8H2,1H3. The van der Waals surface area contributed by atoms with E-state index in [0.29, 0.717) is 17.3 Å². The number of piperidine rings is 1. The Morgan fingerprint density at radius 2 is 2.24 bits per heavy atom. The molecule has 1 nitrogen and oxygen atoms in total. The van der Waals surface area contributed by atoms with Crippen molar-refractivity contribution in [2.24, 2.45) is 5.92 Å². The van der Waals surface area contributed by atoms with Crippen LogP contribution >= 0.6 is 31.9 Å². The van der Waals surface area contributed by atoms with Gasteiger partial charge in [0.2, 0.25) is 0 Å². The van der Waals surface area contributed by atoms with Crippen LogP contribution < -0.4 is 0 Å². The lowest BCUT2D eigenvalue weighted by Gasteiger charge is -2.34. The number of likely N-dealkylation sites (tertiary alicyclic amines) is 1. The van der Waals surface area contributed by atoms with Crippen LogP contribution in [-0.2, 0) is 6.54 Å². The maximum Gasteiger partial charge on any atom is 0.127 e. The molecule has 0 bridgehead atoms. The van der Waals surface area contributed by atoms with Gasteiger partial charge in [0.1, 0.15) is 5.82 Å². The first-order valence-electron chi connectivity index (χ1n) is 5.86. The van der Waals surface area contributed by atoms with Crippen LogP contribution in [0.2, 0.25) is 0 Å². The van der Waals surface area contributed by atoms with E-state index < -0.39 is 0 Å². The molecule has 1 aliphatic rings. The van der Waals surface area contributed by atoms with Crippen molar-refractivity contribution in [3.63, 3.8) is 0 Å². The molecular formula is C13H16Br2FN. The zero-order valence-electron chi connectivity index (χ0n) is 9.80. The van der Waals surface area contributed by atoms with Crippen LogP contribution in [-0.4, -0.2) is 22.8 Å². The van der Waals surface area contributed by atoms with Crippen molar-refractivity contribution in [2.45, 2.75) is 24.7 Å². The third-order valence-electron chi connectivity index (χ3n) is 3.29. The van der Waals surface area contributed by atoms with Gasteiger partial charge in [-0.05, 0) is 37.1 Å². The van der Waals surface area contributed by atoms with E-state index in [-0.39, 0.29) is 5.82 Å². The number of rotatable bonds is 2. The topological polar surface area (TPSA) is 3.24 Å². The average molecular weight is 365 g/mol. The Bertz CT molecular complexity index is 397. The fourth-order valence-corrected chi connectivity index (χ4v) is 3.03. The second-order valence-electron chi connectivity index (χ2n) is 4.75. The van der Waals surface area contributed by atoms with E-state index in [1.54, 1.807) is 6.07 Å². The third kappa shape index (κ3) is 3.52. The summed E-state index contributed by atoms with van der Waals surface area (Å²) in [5.41, 5.74) is 0.777. The lowest BCUT2D eigenvalue weighted by atomic mass is 9.99. The highest BCUT2D eigenvalue weighted by Gasteiger charge is 2.24. The van der Waals surface area contributed by atoms with E-state index in [0.717, 1.165) is 29.5 Å². The van der Waals surface area contributed by atoms with Crippen molar-refractivity contribution in [3.8, 4) is 0 Å². The minimum atomic E-state index is -0.109. The normalized spacial score (nSPS) is 26.1. The van der Waals surface area contributed by atoms with Crippen LogP contribution in [0.3, 0.4) is 0 Å². The van der Waals surface area contributed by atoms with Crippen LogP contribution in [0.25, 0.3) is 0 Å². The summed E-state index contributed by atoms with van der Waals surface area (Å²) in [6, 6.07) is 5.15. The van der Waals surface area contributed by atoms with Gasteiger partial charge in [-0.1, -0.05) is 38.8 Å². The zero-order valence-corrected chi connectivity index (χ0v) is 13.0. The smallest absolute Gasteiger partial charge is 0.127 e. The number of hydrogen-bond acceptors (Lipinski definition) is 1. The summed E-state index contributed by atoms with van der Waals surface area (Å²) in [5.74, 6) is 0.515. The molecule has 0 amide bonds. The first-order valence-corrected chi connectivity index (χ1v) is 7.57. The van der Waals surface area contributed by atoms with E-state index in [2.05, 4.69) is 43.7 Å². The van der Waals surface area contributed by atoms with Gasteiger partial charge in [0.25, 0.3) is 0 Å². The molecule has 1 heterocycles. The molecule has 1 aliphatic heterocycles. The second kappa shape index (κ2) is 5.81. The zero-order chi connectivity index (χ0) is 12.4. The van der Waals surface area contributed by atoms with Gasteiger partial charge >= 0.3 is 0 Å². The number of hydrogen-bond donors (Lipinski definition) is 0. The first-order chi connectivity index (χ1) is 8.06. The van der Waals surface area contributed by atoms with Crippen molar-refractivity contribution < 1.29 is 4.39 Å². The molecule has 1 fully saturated rings. The minimum Gasteiger partial charge on any atom is -0.299 e. The van der Waals surface area contributed by atoms with Gasteiger partial charge in [0.15, 0.2) is 0 Å². The Labute approximate surface area is 119 Å². The predicted octanol–water partition coefficient (Wildman–Crippen LogP) is 4.19. The molecule has 0 saturated carbocycles. The first kappa shape index (κ1) is 13.5. The number of nitrogens with zero attached hydrogens (tertiary/aromatic N) is 1. The molecule has 0 radical (unpaired) electrons. The van der Waals surface area contributed by atoms with E-state index in [1.807, 2.05) is 6.07 Å². The Kier molecular flexibility index (Phi) is 4.61. The third-order valence-corrected chi connectivity index (χ3v) is 5.14. The van der Waals surface area contributed by atoms with Gasteiger partial charge in [0.05, 0.1) is 0 Å². The van der Waals surface area contributed by atoms with E-state index in [9.17, 15) is 4.39 Å². The van der Waals surface area contributed by atoms with Crippen molar-refractivity contribution in [2.75, 3.05) is 13.1 Å². The highest BCUT2D eigenvalue weighted by atomic mass is 79.9. The number of alkyl halides is 1. The van der Waals surface area contributed by atoms with E-state index >= 15 is 0 Å². The lowest BCUT2D eigenvalue weighted by Crippen LogP contribution is -2.39. The number of halogens is 3. The summed E-state index contributed by atoms with van der Waals surface area (Å²) in [7, 11) is 0. The Balaban J connectivity index is 2.03. The molecular weight excluding hydrogens is 349 g/mol. The second-order valence-corrected chi connectivity index (χ2v) is 6.84. The summed E-state index contributed by atoms with van der Waals surface area (Å²) in [6.45, 7) is 5.01. The lowest BCUT2D eigenvalue weighted by molar-refractivity contribution is 0.181. The molecule has 2 unspecified atom stereocenters. The van der Waals surface area contributed by atoms with E-state index in [1.165, 1.54) is 6.07 Å². The predicted molar refractivity (Wildman–Crippen MR) is 75.9 cm³/mol. The maximum absolute atomic E-state index is 13.6. The summed E-state index contributed by atoms with van der Waals surface area (Å²) in [5, 5.41) is 0. The Hall–Kier alpha value is 0.0700. The van der Waals surface area contributed by atoms with Gasteiger partial charge in [-0.25, -0.2) is 4.39 Å². The molecule has 2 rings (SSSR count). The fraction of sp³-hybridized carbons (Fsp3) is 0.538. The molecule has 1 aromatic carbocycles.